The van der Waals surface area contributed by atoms with Gasteiger partial charge in [-0.15, -0.1) is 0 Å². The van der Waals surface area contributed by atoms with Gasteiger partial charge in [-0.05, 0) is 137 Å². The highest BCUT2D eigenvalue weighted by atomic mass is 15.1. The molecule has 0 aromatic heterocycles. The molecule has 1 nitrogen and oxygen atoms in total. The van der Waals surface area contributed by atoms with Crippen LogP contribution in [0.15, 0.2) is 224 Å². The van der Waals surface area contributed by atoms with E-state index in [2.05, 4.69) is 243 Å². The molecule has 11 rings (SSSR count). The maximum absolute atomic E-state index is 2.44. The zero-order chi connectivity index (χ0) is 40.2. The second-order valence-corrected chi connectivity index (χ2v) is 16.5. The summed E-state index contributed by atoms with van der Waals surface area (Å²) in [6, 6.07) is 82.3. The summed E-state index contributed by atoms with van der Waals surface area (Å²) in [4.78, 5) is 2.42. The Morgan fingerprint density at radius 2 is 0.783 bits per heavy atom. The molecule has 0 unspecified atom stereocenters. The first-order chi connectivity index (χ1) is 29.5. The Morgan fingerprint density at radius 3 is 1.45 bits per heavy atom. The SMILES string of the molecule is CC1(C)c2cc(N(c3ccc(-c4ccccc4)cc3)c3ccc(-c4cc5ccccc5cc4-c4ccccc4)cc3)ccc2-c2c(-c3cccc4ccccc34)cccc21. The monoisotopic (exact) mass is 765 g/mol. The predicted molar refractivity (Wildman–Crippen MR) is 255 cm³/mol. The lowest BCUT2D eigenvalue weighted by Gasteiger charge is -2.28. The quantitative estimate of drug-likeness (QED) is 0.156. The third-order valence-corrected chi connectivity index (χ3v) is 12.7. The van der Waals surface area contributed by atoms with Crippen LogP contribution < -0.4 is 4.90 Å². The number of anilines is 3. The van der Waals surface area contributed by atoms with Crippen molar-refractivity contribution in [1.29, 1.82) is 0 Å². The fourth-order valence-corrected chi connectivity index (χ4v) is 9.61. The minimum Gasteiger partial charge on any atom is -0.310 e. The fourth-order valence-electron chi connectivity index (χ4n) is 9.61. The van der Waals surface area contributed by atoms with Crippen molar-refractivity contribution in [3.8, 4) is 55.6 Å². The van der Waals surface area contributed by atoms with Crippen LogP contribution in [0.25, 0.3) is 77.2 Å². The normalized spacial score (nSPS) is 12.6. The van der Waals surface area contributed by atoms with E-state index in [1.807, 2.05) is 0 Å². The van der Waals surface area contributed by atoms with Gasteiger partial charge in [-0.25, -0.2) is 0 Å². The molecule has 284 valence electrons. The topological polar surface area (TPSA) is 3.24 Å². The molecule has 0 saturated heterocycles. The molecule has 1 heteroatoms. The van der Waals surface area contributed by atoms with Crippen LogP contribution in [-0.4, -0.2) is 0 Å². The van der Waals surface area contributed by atoms with Gasteiger partial charge in [0.25, 0.3) is 0 Å². The molecule has 0 saturated carbocycles. The van der Waals surface area contributed by atoms with E-state index in [0.29, 0.717) is 0 Å². The van der Waals surface area contributed by atoms with Gasteiger partial charge >= 0.3 is 0 Å². The van der Waals surface area contributed by atoms with Crippen molar-refractivity contribution in [3.63, 3.8) is 0 Å². The van der Waals surface area contributed by atoms with Crippen LogP contribution >= 0.6 is 0 Å². The van der Waals surface area contributed by atoms with Crippen molar-refractivity contribution in [2.24, 2.45) is 0 Å². The third kappa shape index (κ3) is 6.01. The molecular formula is C59H43N. The molecule has 10 aromatic carbocycles. The molecule has 0 atom stereocenters. The van der Waals surface area contributed by atoms with E-state index in [0.717, 1.165) is 17.1 Å². The lowest BCUT2D eigenvalue weighted by molar-refractivity contribution is 0.660. The van der Waals surface area contributed by atoms with Crippen LogP contribution in [0.3, 0.4) is 0 Å². The van der Waals surface area contributed by atoms with E-state index >= 15 is 0 Å². The van der Waals surface area contributed by atoms with Gasteiger partial charge in [0.05, 0.1) is 0 Å². The molecular weight excluding hydrogens is 723 g/mol. The molecule has 0 radical (unpaired) electrons. The van der Waals surface area contributed by atoms with Gasteiger partial charge in [0.2, 0.25) is 0 Å². The van der Waals surface area contributed by atoms with Gasteiger partial charge < -0.3 is 4.90 Å². The van der Waals surface area contributed by atoms with Crippen molar-refractivity contribution in [3.05, 3.63) is 236 Å². The van der Waals surface area contributed by atoms with Gasteiger partial charge in [-0.3, -0.25) is 0 Å². The Balaban J connectivity index is 1.05. The molecule has 0 spiro atoms. The first-order valence-corrected chi connectivity index (χ1v) is 20.9. The van der Waals surface area contributed by atoms with Crippen LogP contribution in [0.4, 0.5) is 17.1 Å². The smallest absolute Gasteiger partial charge is 0.0465 e. The average molecular weight is 766 g/mol. The molecule has 0 N–H and O–H groups in total. The van der Waals surface area contributed by atoms with Crippen LogP contribution in [-0.2, 0) is 5.41 Å². The molecule has 0 heterocycles. The summed E-state index contributed by atoms with van der Waals surface area (Å²) in [7, 11) is 0. The van der Waals surface area contributed by atoms with Crippen molar-refractivity contribution in [1.82, 2.24) is 0 Å². The Bertz CT molecular complexity index is 3190. The van der Waals surface area contributed by atoms with Gasteiger partial charge in [0, 0.05) is 22.5 Å². The van der Waals surface area contributed by atoms with Crippen LogP contribution in [0.5, 0.6) is 0 Å². The van der Waals surface area contributed by atoms with E-state index in [1.165, 1.54) is 88.3 Å². The highest BCUT2D eigenvalue weighted by Crippen LogP contribution is 2.54. The molecule has 1 aliphatic rings. The minimum absolute atomic E-state index is 0.197. The number of nitrogens with zero attached hydrogens (tertiary/aromatic N) is 1. The van der Waals surface area contributed by atoms with Crippen molar-refractivity contribution in [2.45, 2.75) is 19.3 Å². The second-order valence-electron chi connectivity index (χ2n) is 16.5. The number of rotatable bonds is 7. The maximum atomic E-state index is 2.44. The lowest BCUT2D eigenvalue weighted by atomic mass is 9.81. The second kappa shape index (κ2) is 14.4. The van der Waals surface area contributed by atoms with Crippen LogP contribution in [0.1, 0.15) is 25.0 Å². The number of fused-ring (bicyclic) bond motifs is 5. The third-order valence-electron chi connectivity index (χ3n) is 12.7. The Kier molecular flexibility index (Phi) is 8.57. The number of hydrogen-bond donors (Lipinski definition) is 0. The Hall–Kier alpha value is -7.48. The van der Waals surface area contributed by atoms with Crippen molar-refractivity contribution < 1.29 is 0 Å². The Morgan fingerprint density at radius 1 is 0.300 bits per heavy atom. The highest BCUT2D eigenvalue weighted by Gasteiger charge is 2.37. The average Bonchev–Trinajstić information content (AvgIpc) is 3.55. The first kappa shape index (κ1) is 35.7. The summed E-state index contributed by atoms with van der Waals surface area (Å²) in [5.41, 5.74) is 18.4. The van der Waals surface area contributed by atoms with Crippen molar-refractivity contribution >= 4 is 38.6 Å². The molecule has 0 amide bonds. The number of benzene rings is 10. The van der Waals surface area contributed by atoms with Crippen LogP contribution in [0.2, 0.25) is 0 Å². The van der Waals surface area contributed by atoms with Gasteiger partial charge in [0.15, 0.2) is 0 Å². The van der Waals surface area contributed by atoms with Crippen molar-refractivity contribution in [2.75, 3.05) is 4.90 Å². The summed E-state index contributed by atoms with van der Waals surface area (Å²) in [5, 5.41) is 5.02. The Labute approximate surface area is 352 Å². The number of hydrogen-bond acceptors (Lipinski definition) is 1. The summed E-state index contributed by atoms with van der Waals surface area (Å²) < 4.78 is 0. The fraction of sp³-hybridized carbons (Fsp3) is 0.0508. The van der Waals surface area contributed by atoms with E-state index in [-0.39, 0.29) is 5.41 Å². The standard InChI is InChI=1S/C59H43N/c1-59(2)56-26-14-25-52(51-24-13-22-42-19-11-12-23-50(42)51)58(56)53-36-35-49(39-57(53)59)60(47-31-27-41(28-32-47)40-15-5-3-6-16-40)48-33-29-44(30-34-48)55-38-46-21-10-9-20-45(46)37-54(55)43-17-7-4-8-18-43/h3-39H,1-2H3. The molecule has 10 aromatic rings. The lowest BCUT2D eigenvalue weighted by Crippen LogP contribution is -2.16. The summed E-state index contributed by atoms with van der Waals surface area (Å²) >= 11 is 0. The molecule has 1 aliphatic carbocycles. The van der Waals surface area contributed by atoms with E-state index < -0.39 is 0 Å². The largest absolute Gasteiger partial charge is 0.310 e. The zero-order valence-corrected chi connectivity index (χ0v) is 33.8. The maximum Gasteiger partial charge on any atom is 0.0465 e. The molecule has 0 fully saturated rings. The highest BCUT2D eigenvalue weighted by molar-refractivity contribution is 6.03. The predicted octanol–water partition coefficient (Wildman–Crippen LogP) is 16.4. The van der Waals surface area contributed by atoms with E-state index in [1.54, 1.807) is 0 Å². The summed E-state index contributed by atoms with van der Waals surface area (Å²) in [6.07, 6.45) is 0. The molecule has 0 bridgehead atoms. The molecule has 60 heavy (non-hydrogen) atoms. The van der Waals surface area contributed by atoms with E-state index in [9.17, 15) is 0 Å². The minimum atomic E-state index is -0.197. The van der Waals surface area contributed by atoms with Crippen LogP contribution in [0, 0.1) is 0 Å². The molecule has 0 aliphatic heterocycles. The van der Waals surface area contributed by atoms with Gasteiger partial charge in [-0.2, -0.15) is 0 Å². The van der Waals surface area contributed by atoms with Gasteiger partial charge in [0.1, 0.15) is 0 Å². The van der Waals surface area contributed by atoms with Gasteiger partial charge in [-0.1, -0.05) is 190 Å². The summed E-state index contributed by atoms with van der Waals surface area (Å²) in [6.45, 7) is 4.77. The van der Waals surface area contributed by atoms with E-state index in [4.69, 9.17) is 0 Å². The zero-order valence-electron chi connectivity index (χ0n) is 33.8. The first-order valence-electron chi connectivity index (χ1n) is 20.9. The summed E-state index contributed by atoms with van der Waals surface area (Å²) in [5.74, 6) is 0.